The standard InChI is InChI=1S/C15H21N5O/c1-5-20(9-12-8-6-7-11(2)19-12)15-13(21-4)14(16-3)17-10-18-15/h6-8,10H,5,9H2,1-4H3,(H,16,17,18). The van der Waals surface area contributed by atoms with E-state index in [0.717, 1.165) is 23.8 Å². The van der Waals surface area contributed by atoms with E-state index in [1.807, 2.05) is 32.2 Å². The number of pyridine rings is 1. The van der Waals surface area contributed by atoms with E-state index in [4.69, 9.17) is 4.74 Å². The van der Waals surface area contributed by atoms with Crippen LogP contribution in [0.15, 0.2) is 24.5 Å². The van der Waals surface area contributed by atoms with Gasteiger partial charge in [-0.2, -0.15) is 0 Å². The molecule has 0 fully saturated rings. The van der Waals surface area contributed by atoms with Crippen LogP contribution in [0.2, 0.25) is 0 Å². The van der Waals surface area contributed by atoms with Crippen molar-refractivity contribution in [2.75, 3.05) is 30.9 Å². The fourth-order valence-electron chi connectivity index (χ4n) is 2.18. The van der Waals surface area contributed by atoms with Gasteiger partial charge in [0.1, 0.15) is 6.33 Å². The summed E-state index contributed by atoms with van der Waals surface area (Å²) in [4.78, 5) is 15.2. The lowest BCUT2D eigenvalue weighted by atomic mass is 10.3. The first-order chi connectivity index (χ1) is 10.2. The maximum atomic E-state index is 5.46. The molecule has 0 aliphatic rings. The van der Waals surface area contributed by atoms with Crippen LogP contribution in [0.3, 0.4) is 0 Å². The van der Waals surface area contributed by atoms with Gasteiger partial charge >= 0.3 is 0 Å². The van der Waals surface area contributed by atoms with Crippen LogP contribution in [0, 0.1) is 6.92 Å². The summed E-state index contributed by atoms with van der Waals surface area (Å²) < 4.78 is 5.46. The van der Waals surface area contributed by atoms with Crippen LogP contribution in [0.5, 0.6) is 5.75 Å². The van der Waals surface area contributed by atoms with Crippen molar-refractivity contribution in [2.24, 2.45) is 0 Å². The second kappa shape index (κ2) is 6.88. The zero-order valence-corrected chi connectivity index (χ0v) is 12.9. The number of hydrogen-bond donors (Lipinski definition) is 1. The lowest BCUT2D eigenvalue weighted by Crippen LogP contribution is -2.24. The fourth-order valence-corrected chi connectivity index (χ4v) is 2.18. The molecule has 0 saturated carbocycles. The van der Waals surface area contributed by atoms with Gasteiger partial charge in [0.05, 0.1) is 19.3 Å². The summed E-state index contributed by atoms with van der Waals surface area (Å²) in [7, 11) is 3.44. The van der Waals surface area contributed by atoms with Crippen molar-refractivity contribution in [1.29, 1.82) is 0 Å². The number of rotatable bonds is 6. The van der Waals surface area contributed by atoms with Gasteiger partial charge in [-0.05, 0) is 26.0 Å². The number of aryl methyl sites for hydroxylation is 1. The van der Waals surface area contributed by atoms with Crippen molar-refractivity contribution >= 4 is 11.6 Å². The Morgan fingerprint density at radius 3 is 2.71 bits per heavy atom. The highest BCUT2D eigenvalue weighted by atomic mass is 16.5. The maximum Gasteiger partial charge on any atom is 0.204 e. The average molecular weight is 287 g/mol. The van der Waals surface area contributed by atoms with Gasteiger partial charge in [0, 0.05) is 19.3 Å². The van der Waals surface area contributed by atoms with Crippen molar-refractivity contribution < 1.29 is 4.74 Å². The molecule has 2 aromatic rings. The Morgan fingerprint density at radius 1 is 1.29 bits per heavy atom. The molecule has 21 heavy (non-hydrogen) atoms. The minimum atomic E-state index is 0.648. The summed E-state index contributed by atoms with van der Waals surface area (Å²) in [6.45, 7) is 5.54. The molecule has 0 aromatic carbocycles. The highest BCUT2D eigenvalue weighted by Gasteiger charge is 2.17. The third-order valence-corrected chi connectivity index (χ3v) is 3.21. The second-order valence-corrected chi connectivity index (χ2v) is 4.61. The predicted molar refractivity (Wildman–Crippen MR) is 83.8 cm³/mol. The molecule has 1 N–H and O–H groups in total. The third kappa shape index (κ3) is 3.39. The van der Waals surface area contributed by atoms with Gasteiger partial charge in [-0.25, -0.2) is 9.97 Å². The molecule has 0 amide bonds. The van der Waals surface area contributed by atoms with Crippen LogP contribution in [-0.4, -0.2) is 35.7 Å². The summed E-state index contributed by atoms with van der Waals surface area (Å²) in [5, 5.41) is 3.02. The van der Waals surface area contributed by atoms with E-state index in [1.165, 1.54) is 6.33 Å². The molecule has 0 aliphatic heterocycles. The summed E-state index contributed by atoms with van der Waals surface area (Å²) in [5.74, 6) is 2.09. The molecular weight excluding hydrogens is 266 g/mol. The largest absolute Gasteiger partial charge is 0.490 e. The molecule has 0 unspecified atom stereocenters. The summed E-state index contributed by atoms with van der Waals surface area (Å²) in [5.41, 5.74) is 2.01. The minimum absolute atomic E-state index is 0.648. The van der Waals surface area contributed by atoms with E-state index >= 15 is 0 Å². The molecule has 6 nitrogen and oxygen atoms in total. The van der Waals surface area contributed by atoms with Crippen molar-refractivity contribution in [1.82, 2.24) is 15.0 Å². The Kier molecular flexibility index (Phi) is 4.92. The van der Waals surface area contributed by atoms with Gasteiger partial charge in [-0.1, -0.05) is 6.07 Å². The van der Waals surface area contributed by atoms with Gasteiger partial charge in [0.2, 0.25) is 5.75 Å². The monoisotopic (exact) mass is 287 g/mol. The van der Waals surface area contributed by atoms with Gasteiger partial charge in [0.25, 0.3) is 0 Å². The Labute approximate surface area is 125 Å². The first-order valence-electron chi connectivity index (χ1n) is 6.93. The van der Waals surface area contributed by atoms with Gasteiger partial charge < -0.3 is 15.0 Å². The van der Waals surface area contributed by atoms with Crippen molar-refractivity contribution in [3.05, 3.63) is 35.9 Å². The Bertz CT molecular complexity index is 602. The summed E-state index contributed by atoms with van der Waals surface area (Å²) >= 11 is 0. The lowest BCUT2D eigenvalue weighted by molar-refractivity contribution is 0.412. The number of aromatic nitrogens is 3. The topological polar surface area (TPSA) is 63.2 Å². The highest BCUT2D eigenvalue weighted by Crippen LogP contribution is 2.32. The highest BCUT2D eigenvalue weighted by molar-refractivity contribution is 5.64. The number of hydrogen-bond acceptors (Lipinski definition) is 6. The smallest absolute Gasteiger partial charge is 0.204 e. The lowest BCUT2D eigenvalue weighted by Gasteiger charge is -2.24. The molecule has 0 spiro atoms. The van der Waals surface area contributed by atoms with Crippen LogP contribution in [0.4, 0.5) is 11.6 Å². The number of anilines is 2. The molecule has 2 rings (SSSR count). The number of ether oxygens (including phenoxy) is 1. The van der Waals surface area contributed by atoms with E-state index in [2.05, 4.69) is 32.1 Å². The average Bonchev–Trinajstić information content (AvgIpc) is 2.51. The van der Waals surface area contributed by atoms with E-state index in [0.29, 0.717) is 18.1 Å². The third-order valence-electron chi connectivity index (χ3n) is 3.21. The van der Waals surface area contributed by atoms with Crippen LogP contribution >= 0.6 is 0 Å². The van der Waals surface area contributed by atoms with Gasteiger partial charge in [0.15, 0.2) is 11.6 Å². The van der Waals surface area contributed by atoms with E-state index in [9.17, 15) is 0 Å². The predicted octanol–water partition coefficient (Wildman–Crippen LogP) is 2.26. The van der Waals surface area contributed by atoms with E-state index in [-0.39, 0.29) is 0 Å². The molecule has 2 aromatic heterocycles. The maximum absolute atomic E-state index is 5.46. The zero-order valence-electron chi connectivity index (χ0n) is 12.9. The van der Waals surface area contributed by atoms with Crippen LogP contribution < -0.4 is 15.0 Å². The number of methoxy groups -OCH3 is 1. The van der Waals surface area contributed by atoms with Crippen LogP contribution in [0.25, 0.3) is 0 Å². The van der Waals surface area contributed by atoms with E-state index in [1.54, 1.807) is 7.11 Å². The van der Waals surface area contributed by atoms with Gasteiger partial charge in [-0.15, -0.1) is 0 Å². The first kappa shape index (κ1) is 15.0. The molecule has 0 atom stereocenters. The van der Waals surface area contributed by atoms with Crippen LogP contribution in [-0.2, 0) is 6.54 Å². The molecule has 112 valence electrons. The summed E-state index contributed by atoms with van der Waals surface area (Å²) in [6, 6.07) is 6.02. The van der Waals surface area contributed by atoms with E-state index < -0.39 is 0 Å². The molecular formula is C15H21N5O. The second-order valence-electron chi connectivity index (χ2n) is 4.61. The molecule has 0 bridgehead atoms. The van der Waals surface area contributed by atoms with Crippen molar-refractivity contribution in [3.63, 3.8) is 0 Å². The summed E-state index contributed by atoms with van der Waals surface area (Å²) in [6.07, 6.45) is 1.54. The Morgan fingerprint density at radius 2 is 2.10 bits per heavy atom. The first-order valence-corrected chi connectivity index (χ1v) is 6.93. The molecule has 0 radical (unpaired) electrons. The SMILES string of the molecule is CCN(Cc1cccc(C)n1)c1ncnc(NC)c1OC. The Hall–Kier alpha value is -2.37. The molecule has 6 heteroatoms. The van der Waals surface area contributed by atoms with Crippen LogP contribution in [0.1, 0.15) is 18.3 Å². The van der Waals surface area contributed by atoms with Crippen molar-refractivity contribution in [2.45, 2.75) is 20.4 Å². The molecule has 0 saturated heterocycles. The molecule has 2 heterocycles. The van der Waals surface area contributed by atoms with Gasteiger partial charge in [-0.3, -0.25) is 4.98 Å². The quantitative estimate of drug-likeness (QED) is 0.879. The number of nitrogens with zero attached hydrogens (tertiary/aromatic N) is 4. The Balaban J connectivity index is 2.33. The minimum Gasteiger partial charge on any atom is -0.490 e. The van der Waals surface area contributed by atoms with Crippen molar-refractivity contribution in [3.8, 4) is 5.75 Å². The molecule has 0 aliphatic carbocycles. The fraction of sp³-hybridized carbons (Fsp3) is 0.400. The normalized spacial score (nSPS) is 10.3. The zero-order chi connectivity index (χ0) is 15.2. The number of nitrogens with one attached hydrogen (secondary N) is 1.